The number of carbonyl (C=O) groups excluding carboxylic acids is 4. The Morgan fingerprint density at radius 2 is 1.13 bits per heavy atom. The van der Waals surface area contributed by atoms with Crippen molar-refractivity contribution in [3.05, 3.63) is 36.2 Å². The monoisotopic (exact) mass is 776 g/mol. The van der Waals surface area contributed by atoms with E-state index in [0.29, 0.717) is 24.7 Å². The predicted octanol–water partition coefficient (Wildman–Crippen LogP) is 5.77. The third-order valence-corrected chi connectivity index (χ3v) is 12.1. The van der Waals surface area contributed by atoms with Crippen LogP contribution in [0.4, 0.5) is 9.59 Å². The van der Waals surface area contributed by atoms with Gasteiger partial charge in [0, 0.05) is 13.1 Å². The Labute approximate surface area is 319 Å². The van der Waals surface area contributed by atoms with Crippen molar-refractivity contribution in [2.24, 2.45) is 11.8 Å². The molecule has 0 unspecified atom stereocenters. The van der Waals surface area contributed by atoms with E-state index in [1.165, 1.54) is 36.9 Å². The molecule has 4 amide bonds. The van der Waals surface area contributed by atoms with Crippen molar-refractivity contribution in [3.63, 3.8) is 0 Å². The number of alkyl carbamates (subject to hydrolysis) is 2. The molecule has 18 heteroatoms. The summed E-state index contributed by atoms with van der Waals surface area (Å²) in [5.41, 5.74) is 3.21. The summed E-state index contributed by atoms with van der Waals surface area (Å²) in [4.78, 5) is 80.6. The fourth-order valence-electron chi connectivity index (χ4n) is 7.19. The average Bonchev–Trinajstić information content (AvgIpc) is 4.00. The van der Waals surface area contributed by atoms with Crippen LogP contribution in [0.15, 0.2) is 24.5 Å². The van der Waals surface area contributed by atoms with Crippen molar-refractivity contribution < 1.29 is 28.7 Å². The lowest BCUT2D eigenvalue weighted by Crippen LogP contribution is -2.51. The number of hydrogen-bond donors (Lipinski definition) is 4. The highest BCUT2D eigenvalue weighted by Gasteiger charge is 2.39. The first kappa shape index (κ1) is 37.2. The fraction of sp³-hybridized carbons (Fsp3) is 0.500. The zero-order chi connectivity index (χ0) is 38.3. The Kier molecular flexibility index (Phi) is 10.6. The fourth-order valence-corrected chi connectivity index (χ4v) is 9.09. The number of nitrogens with zero attached hydrogens (tertiary/aromatic N) is 6. The van der Waals surface area contributed by atoms with Gasteiger partial charge in [0.15, 0.2) is 0 Å². The molecular formula is C36H44N10O6S2. The van der Waals surface area contributed by atoms with Crippen LogP contribution in [0.25, 0.3) is 41.8 Å². The van der Waals surface area contributed by atoms with Crippen molar-refractivity contribution in [1.82, 2.24) is 50.3 Å². The van der Waals surface area contributed by atoms with E-state index in [1.54, 1.807) is 22.2 Å². The molecule has 0 radical (unpaired) electrons. The minimum Gasteiger partial charge on any atom is -0.453 e. The predicted molar refractivity (Wildman–Crippen MR) is 204 cm³/mol. The van der Waals surface area contributed by atoms with Crippen LogP contribution < -0.4 is 10.6 Å². The van der Waals surface area contributed by atoms with E-state index in [2.05, 4.69) is 30.6 Å². The van der Waals surface area contributed by atoms with Crippen molar-refractivity contribution in [2.75, 3.05) is 27.3 Å². The van der Waals surface area contributed by atoms with Gasteiger partial charge in [-0.2, -0.15) is 0 Å². The number of amides is 4. The van der Waals surface area contributed by atoms with Crippen LogP contribution >= 0.6 is 22.7 Å². The number of imidazole rings is 2. The Morgan fingerprint density at radius 3 is 1.50 bits per heavy atom. The number of nitrogens with one attached hydrogen (secondary N) is 4. The van der Waals surface area contributed by atoms with E-state index in [0.717, 1.165) is 67.5 Å². The molecule has 2 aliphatic rings. The number of fused-ring (bicyclic) bond motifs is 2. The molecule has 2 aliphatic heterocycles. The smallest absolute Gasteiger partial charge is 0.407 e. The maximum Gasteiger partial charge on any atom is 0.407 e. The maximum absolute atomic E-state index is 13.6. The molecule has 1 aromatic carbocycles. The topological polar surface area (TPSA) is 200 Å². The van der Waals surface area contributed by atoms with Gasteiger partial charge in [0.25, 0.3) is 0 Å². The van der Waals surface area contributed by atoms with E-state index in [9.17, 15) is 19.2 Å². The quantitative estimate of drug-likeness (QED) is 0.135. The number of aromatic amines is 2. The Morgan fingerprint density at radius 1 is 0.722 bits per heavy atom. The zero-order valence-corrected chi connectivity index (χ0v) is 32.6. The van der Waals surface area contributed by atoms with E-state index >= 15 is 0 Å². The van der Waals surface area contributed by atoms with Crippen molar-refractivity contribution in [2.45, 2.75) is 77.5 Å². The summed E-state index contributed by atoms with van der Waals surface area (Å²) in [6.07, 6.45) is 5.42. The summed E-state index contributed by atoms with van der Waals surface area (Å²) < 4.78 is 11.5. The van der Waals surface area contributed by atoms with Gasteiger partial charge >= 0.3 is 12.2 Å². The number of benzene rings is 1. The number of methoxy groups -OCH3 is 2. The van der Waals surface area contributed by atoms with Crippen LogP contribution in [0.1, 0.15) is 77.1 Å². The Hall–Kier alpha value is -5.10. The van der Waals surface area contributed by atoms with Gasteiger partial charge in [-0.05, 0) is 49.7 Å². The van der Waals surface area contributed by atoms with E-state index in [4.69, 9.17) is 19.4 Å². The number of hydrogen-bond acceptors (Lipinski definition) is 12. The lowest BCUT2D eigenvalue weighted by molar-refractivity contribution is -0.136. The number of H-pyrrole nitrogens is 2. The molecule has 2 fully saturated rings. The molecule has 16 nitrogen and oxygen atoms in total. The van der Waals surface area contributed by atoms with Crippen LogP contribution in [-0.2, 0) is 19.1 Å². The first-order chi connectivity index (χ1) is 25.9. The molecule has 0 saturated carbocycles. The lowest BCUT2D eigenvalue weighted by atomic mass is 10.0. The molecule has 6 heterocycles. The van der Waals surface area contributed by atoms with Crippen molar-refractivity contribution >= 4 is 67.1 Å². The summed E-state index contributed by atoms with van der Waals surface area (Å²) >= 11 is 3.07. The van der Waals surface area contributed by atoms with Crippen LogP contribution in [0.2, 0.25) is 0 Å². The molecule has 2 saturated heterocycles. The third kappa shape index (κ3) is 7.23. The highest BCUT2D eigenvalue weighted by molar-refractivity contribution is 7.23. The third-order valence-electron chi connectivity index (χ3n) is 10.0. The molecule has 4 atom stereocenters. The second-order valence-corrected chi connectivity index (χ2v) is 16.3. The molecule has 7 rings (SSSR count). The number of likely N-dealkylation sites (tertiary alicyclic amines) is 2. The lowest BCUT2D eigenvalue weighted by Gasteiger charge is -2.29. The van der Waals surface area contributed by atoms with Gasteiger partial charge in [-0.15, -0.1) is 22.7 Å². The highest BCUT2D eigenvalue weighted by Crippen LogP contribution is 2.39. The Balaban J connectivity index is 1.07. The van der Waals surface area contributed by atoms with E-state index < -0.39 is 24.3 Å². The minimum absolute atomic E-state index is 0.119. The molecule has 286 valence electrons. The second kappa shape index (κ2) is 15.3. The van der Waals surface area contributed by atoms with Gasteiger partial charge in [-0.3, -0.25) is 9.59 Å². The summed E-state index contributed by atoms with van der Waals surface area (Å²) in [6.45, 7) is 8.72. The molecule has 4 aromatic heterocycles. The minimum atomic E-state index is -0.704. The molecule has 5 aromatic rings. The van der Waals surface area contributed by atoms with E-state index in [1.807, 2.05) is 39.8 Å². The summed E-state index contributed by atoms with van der Waals surface area (Å²) in [6, 6.07) is 2.18. The molecule has 4 N–H and O–H groups in total. The number of rotatable bonds is 10. The van der Waals surface area contributed by atoms with E-state index in [-0.39, 0.29) is 35.7 Å². The highest BCUT2D eigenvalue weighted by atomic mass is 32.1. The number of carbonyl (C=O) groups is 4. The summed E-state index contributed by atoms with van der Waals surface area (Å²) in [5.74, 6) is 0.817. The summed E-state index contributed by atoms with van der Waals surface area (Å²) in [5, 5.41) is 6.93. The van der Waals surface area contributed by atoms with Gasteiger partial charge in [-0.25, -0.2) is 29.5 Å². The number of ether oxygens (including phenoxy) is 2. The molecule has 0 spiro atoms. The van der Waals surface area contributed by atoms with Crippen LogP contribution in [0.5, 0.6) is 0 Å². The number of thiazole rings is 2. The van der Waals surface area contributed by atoms with Gasteiger partial charge in [0.1, 0.15) is 33.7 Å². The molecule has 0 bridgehead atoms. The first-order valence-corrected chi connectivity index (χ1v) is 19.7. The molecule has 0 aliphatic carbocycles. The van der Waals surface area contributed by atoms with Crippen LogP contribution in [0.3, 0.4) is 0 Å². The van der Waals surface area contributed by atoms with Gasteiger partial charge in [0.05, 0.1) is 70.5 Å². The van der Waals surface area contributed by atoms with Crippen molar-refractivity contribution in [3.8, 4) is 21.4 Å². The van der Waals surface area contributed by atoms with Crippen molar-refractivity contribution in [1.29, 1.82) is 0 Å². The molecule has 54 heavy (non-hydrogen) atoms. The van der Waals surface area contributed by atoms with Crippen LogP contribution in [-0.4, -0.2) is 103 Å². The normalized spacial score (nSPS) is 18.5. The van der Waals surface area contributed by atoms with Gasteiger partial charge in [0.2, 0.25) is 11.8 Å². The summed E-state index contributed by atoms with van der Waals surface area (Å²) in [7, 11) is 2.57. The Bertz CT molecular complexity index is 1990. The van der Waals surface area contributed by atoms with Crippen LogP contribution in [0, 0.1) is 11.8 Å². The second-order valence-electron chi connectivity index (χ2n) is 14.3. The standard InChI is InChI=1S/C36H44N10O6S2/c1-17(2)27(43-35(49)51-5)33(47)45-11-7-9-23(45)29-37-15-21(39-29)31-41-19-13-26-20(14-25(19)53-31)42-32(54-26)22-16-38-30(40-22)24-10-8-12-46(24)34(48)28(18(3)4)44-36(50)52-6/h13-18,23-24,27-28H,7-12H2,1-6H3,(H,37,39)(H,38,40)(H,43,49)(H,44,50)/t23-,24-,27-,28-/m0/s1. The first-order valence-electron chi connectivity index (χ1n) is 18.1. The average molecular weight is 777 g/mol. The maximum atomic E-state index is 13.6. The SMILES string of the molecule is COC(=O)N[C@H](C(=O)N1CCC[C@H]1c1ncc(-c2nc3cc4sc(-c5cnc([C@@H]6CCCN6C(=O)[C@@H](NC(=O)OC)C(C)C)[nH]5)nc4cc3s2)[nH]1)C(C)C. The molecular weight excluding hydrogens is 733 g/mol. The zero-order valence-electron chi connectivity index (χ0n) is 31.0. The largest absolute Gasteiger partial charge is 0.453 e. The van der Waals surface area contributed by atoms with Gasteiger partial charge < -0.3 is 39.9 Å². The number of aromatic nitrogens is 6. The van der Waals surface area contributed by atoms with Gasteiger partial charge in [-0.1, -0.05) is 27.7 Å².